The molecule has 0 saturated carbocycles. The van der Waals surface area contributed by atoms with Gasteiger partial charge in [-0.2, -0.15) is 0 Å². The molecule has 1 aliphatic rings. The van der Waals surface area contributed by atoms with Crippen molar-refractivity contribution in [2.24, 2.45) is 5.73 Å². The number of nitrogens with two attached hydrogens (primary N) is 1. The zero-order valence-electron chi connectivity index (χ0n) is 11.3. The van der Waals surface area contributed by atoms with Gasteiger partial charge in [0.1, 0.15) is 5.82 Å². The average Bonchev–Trinajstić information content (AvgIpc) is 2.87. The summed E-state index contributed by atoms with van der Waals surface area (Å²) in [5.41, 5.74) is 6.01. The number of benzene rings is 1. The molecule has 0 radical (unpaired) electrons. The lowest BCUT2D eigenvalue weighted by atomic mass is 10.0. The van der Waals surface area contributed by atoms with Gasteiger partial charge in [0.05, 0.1) is 17.0 Å². The Morgan fingerprint density at radius 3 is 3.00 bits per heavy atom. The number of hydrogen-bond donors (Lipinski definition) is 2. The van der Waals surface area contributed by atoms with E-state index in [4.69, 9.17) is 5.73 Å². The Morgan fingerprint density at radius 2 is 2.40 bits per heavy atom. The fraction of sp³-hybridized carbons (Fsp3) is 0.400. The van der Waals surface area contributed by atoms with Crippen LogP contribution >= 0.6 is 11.8 Å². The summed E-state index contributed by atoms with van der Waals surface area (Å²) in [4.78, 5) is 12.2. The van der Waals surface area contributed by atoms with Crippen molar-refractivity contribution in [1.29, 1.82) is 0 Å². The Balaban J connectivity index is 2.12. The molecule has 2 rings (SSSR count). The number of nitrogens with one attached hydrogen (secondary N) is 1. The lowest BCUT2D eigenvalue weighted by Gasteiger charge is -2.21. The predicted octanol–water partition coefficient (Wildman–Crippen LogP) is 2.36. The van der Waals surface area contributed by atoms with E-state index in [-0.39, 0.29) is 18.1 Å². The number of rotatable bonds is 2. The lowest BCUT2D eigenvalue weighted by Crippen LogP contribution is -2.34. The van der Waals surface area contributed by atoms with E-state index < -0.39 is 10.6 Å². The van der Waals surface area contributed by atoms with Gasteiger partial charge in [-0.05, 0) is 43.7 Å². The van der Waals surface area contributed by atoms with Crippen molar-refractivity contribution >= 4 is 23.4 Å². The quantitative estimate of drug-likeness (QED) is 0.823. The molecule has 20 heavy (non-hydrogen) atoms. The van der Waals surface area contributed by atoms with Crippen molar-refractivity contribution in [3.63, 3.8) is 0 Å². The summed E-state index contributed by atoms with van der Waals surface area (Å²) in [6.45, 7) is 2.13. The monoisotopic (exact) mass is 292 g/mol. The molecule has 1 unspecified atom stereocenters. The van der Waals surface area contributed by atoms with Crippen molar-refractivity contribution in [3.05, 3.63) is 29.6 Å². The van der Waals surface area contributed by atoms with Gasteiger partial charge in [0.15, 0.2) is 0 Å². The van der Waals surface area contributed by atoms with Crippen molar-refractivity contribution in [2.45, 2.75) is 24.5 Å². The fourth-order valence-corrected chi connectivity index (χ4v) is 3.27. The number of halogens is 1. The Morgan fingerprint density at radius 1 is 1.60 bits per heavy atom. The molecule has 106 valence electrons. The number of carbonyl (C=O) groups excluding carboxylic acids is 1. The average molecular weight is 292 g/mol. The molecular weight excluding hydrogens is 275 g/mol. The van der Waals surface area contributed by atoms with E-state index in [2.05, 4.69) is 17.2 Å². The molecule has 1 aromatic carbocycles. The normalized spacial score (nSPS) is 21.1. The van der Waals surface area contributed by atoms with Crippen LogP contribution in [-0.2, 0) is 4.79 Å². The summed E-state index contributed by atoms with van der Waals surface area (Å²) in [6, 6.07) is 4.52. The third-order valence-electron chi connectivity index (χ3n) is 3.25. The highest BCUT2D eigenvalue weighted by atomic mass is 32.2. The van der Waals surface area contributed by atoms with Gasteiger partial charge < -0.3 is 11.1 Å². The highest BCUT2D eigenvalue weighted by Gasteiger charge is 2.37. The minimum Gasteiger partial charge on any atom is -0.322 e. The van der Waals surface area contributed by atoms with Gasteiger partial charge in [0.25, 0.3) is 0 Å². The summed E-state index contributed by atoms with van der Waals surface area (Å²) < 4.78 is 13.5. The summed E-state index contributed by atoms with van der Waals surface area (Å²) in [6.07, 6.45) is 1.84. The Labute approximate surface area is 122 Å². The van der Waals surface area contributed by atoms with Crippen LogP contribution in [0.15, 0.2) is 18.2 Å². The van der Waals surface area contributed by atoms with Gasteiger partial charge in [0, 0.05) is 5.56 Å². The maximum atomic E-state index is 13.9. The third kappa shape index (κ3) is 3.33. The predicted molar refractivity (Wildman–Crippen MR) is 81.1 cm³/mol. The molecular formula is C15H17FN2OS. The first-order valence-electron chi connectivity index (χ1n) is 6.49. The first-order valence-corrected chi connectivity index (χ1v) is 7.47. The van der Waals surface area contributed by atoms with E-state index in [9.17, 15) is 9.18 Å². The molecule has 1 saturated heterocycles. The van der Waals surface area contributed by atoms with Gasteiger partial charge >= 0.3 is 0 Å². The van der Waals surface area contributed by atoms with Crippen LogP contribution in [0.5, 0.6) is 0 Å². The minimum atomic E-state index is -0.478. The molecule has 3 nitrogen and oxygen atoms in total. The summed E-state index contributed by atoms with van der Waals surface area (Å²) in [7, 11) is 0. The van der Waals surface area contributed by atoms with Crippen LogP contribution in [0, 0.1) is 17.7 Å². The Bertz CT molecular complexity index is 571. The molecule has 5 heteroatoms. The fourth-order valence-electron chi connectivity index (χ4n) is 2.06. The van der Waals surface area contributed by atoms with E-state index in [0.717, 1.165) is 18.6 Å². The van der Waals surface area contributed by atoms with Gasteiger partial charge in [-0.1, -0.05) is 11.8 Å². The van der Waals surface area contributed by atoms with Gasteiger partial charge in [-0.25, -0.2) is 4.39 Å². The molecule has 0 aromatic heterocycles. The highest BCUT2D eigenvalue weighted by Crippen LogP contribution is 2.38. The smallest absolute Gasteiger partial charge is 0.240 e. The third-order valence-corrected chi connectivity index (χ3v) is 4.77. The van der Waals surface area contributed by atoms with Crippen LogP contribution in [-0.4, -0.2) is 23.0 Å². The van der Waals surface area contributed by atoms with E-state index in [1.807, 2.05) is 6.92 Å². The SMILES string of the molecule is CC1(C(=O)Nc2ccc(C#CCN)cc2F)CCCS1. The van der Waals surface area contributed by atoms with Crippen LogP contribution < -0.4 is 11.1 Å². The number of hydrogen-bond acceptors (Lipinski definition) is 3. The maximum Gasteiger partial charge on any atom is 0.240 e. The standard InChI is InChI=1S/C15H17FN2OS/c1-15(7-3-9-20-15)14(19)18-13-6-5-11(4-2-8-17)10-12(13)16/h5-6,10H,3,7-9,17H2,1H3,(H,18,19). The summed E-state index contributed by atoms with van der Waals surface area (Å²) >= 11 is 1.62. The molecule has 0 spiro atoms. The topological polar surface area (TPSA) is 55.1 Å². The van der Waals surface area contributed by atoms with E-state index in [1.165, 1.54) is 12.1 Å². The minimum absolute atomic E-state index is 0.139. The van der Waals surface area contributed by atoms with Gasteiger partial charge in [-0.15, -0.1) is 11.8 Å². The molecule has 3 N–H and O–H groups in total. The number of carbonyl (C=O) groups is 1. The highest BCUT2D eigenvalue weighted by molar-refractivity contribution is 8.01. The van der Waals surface area contributed by atoms with Crippen molar-refractivity contribution in [2.75, 3.05) is 17.6 Å². The molecule has 1 aromatic rings. The first-order chi connectivity index (χ1) is 9.55. The summed E-state index contributed by atoms with van der Waals surface area (Å²) in [5, 5.41) is 2.67. The van der Waals surface area contributed by atoms with E-state index in [1.54, 1.807) is 17.8 Å². The van der Waals surface area contributed by atoms with Crippen LogP contribution in [0.3, 0.4) is 0 Å². The second-order valence-electron chi connectivity index (χ2n) is 4.84. The zero-order chi connectivity index (χ0) is 14.6. The Hall–Kier alpha value is -1.51. The molecule has 1 amide bonds. The van der Waals surface area contributed by atoms with Crippen LogP contribution in [0.1, 0.15) is 25.3 Å². The van der Waals surface area contributed by atoms with Crippen LogP contribution in [0.25, 0.3) is 0 Å². The van der Waals surface area contributed by atoms with Crippen molar-refractivity contribution in [1.82, 2.24) is 0 Å². The summed E-state index contributed by atoms with van der Waals surface area (Å²) in [5.74, 6) is 5.77. The van der Waals surface area contributed by atoms with E-state index >= 15 is 0 Å². The van der Waals surface area contributed by atoms with Gasteiger partial charge in [0.2, 0.25) is 5.91 Å². The van der Waals surface area contributed by atoms with Crippen LogP contribution in [0.2, 0.25) is 0 Å². The number of anilines is 1. The molecule has 1 fully saturated rings. The molecule has 1 aliphatic heterocycles. The number of thioether (sulfide) groups is 1. The lowest BCUT2D eigenvalue weighted by molar-refractivity contribution is -0.118. The second-order valence-corrected chi connectivity index (χ2v) is 6.44. The van der Waals surface area contributed by atoms with Crippen LogP contribution in [0.4, 0.5) is 10.1 Å². The van der Waals surface area contributed by atoms with Crippen molar-refractivity contribution < 1.29 is 9.18 Å². The van der Waals surface area contributed by atoms with Gasteiger partial charge in [-0.3, -0.25) is 4.79 Å². The largest absolute Gasteiger partial charge is 0.322 e. The first kappa shape index (κ1) is 14.9. The zero-order valence-corrected chi connectivity index (χ0v) is 12.1. The van der Waals surface area contributed by atoms with E-state index in [0.29, 0.717) is 5.56 Å². The Kier molecular flexibility index (Phi) is 4.69. The number of amides is 1. The molecule has 1 heterocycles. The maximum absolute atomic E-state index is 13.9. The van der Waals surface area contributed by atoms with Crippen molar-refractivity contribution in [3.8, 4) is 11.8 Å². The molecule has 0 aliphatic carbocycles. The molecule has 0 bridgehead atoms. The second kappa shape index (κ2) is 6.29. The molecule has 1 atom stereocenters.